The average Bonchev–Trinajstić information content (AvgIpc) is 2.80. The number of aromatic nitrogens is 3. The van der Waals surface area contributed by atoms with Crippen molar-refractivity contribution in [2.75, 3.05) is 0 Å². The summed E-state index contributed by atoms with van der Waals surface area (Å²) in [5.74, 6) is 0. The fraction of sp³-hybridized carbons (Fsp3) is 0.385. The molecule has 1 aromatic heterocycles. The number of hydrogen-bond donors (Lipinski definition) is 0. The number of halogens is 1. The first-order chi connectivity index (χ1) is 8.11. The Hall–Kier alpha value is -1.16. The van der Waals surface area contributed by atoms with Gasteiger partial charge in [-0.15, -0.1) is 5.10 Å². The van der Waals surface area contributed by atoms with Crippen molar-refractivity contribution < 1.29 is 0 Å². The van der Waals surface area contributed by atoms with E-state index in [4.69, 9.17) is 0 Å². The highest BCUT2D eigenvalue weighted by molar-refractivity contribution is 9.09. The zero-order chi connectivity index (χ0) is 12.4. The standard InChI is InChI=1S/C13H16BrN3/c1-4-11(14)12-8-17(16-15-12)13-7-9(2)5-6-10(13)3/h5-8,11H,4H2,1-3H3. The van der Waals surface area contributed by atoms with Gasteiger partial charge in [-0.25, -0.2) is 4.68 Å². The summed E-state index contributed by atoms with van der Waals surface area (Å²) in [6, 6.07) is 6.34. The van der Waals surface area contributed by atoms with Gasteiger partial charge < -0.3 is 0 Å². The summed E-state index contributed by atoms with van der Waals surface area (Å²) in [5, 5.41) is 8.39. The molecule has 90 valence electrons. The minimum atomic E-state index is 0.279. The van der Waals surface area contributed by atoms with Crippen LogP contribution in [0.5, 0.6) is 0 Å². The second-order valence-electron chi connectivity index (χ2n) is 4.25. The van der Waals surface area contributed by atoms with Crippen molar-refractivity contribution >= 4 is 15.9 Å². The van der Waals surface area contributed by atoms with E-state index in [1.807, 2.05) is 10.9 Å². The Kier molecular flexibility index (Phi) is 3.62. The van der Waals surface area contributed by atoms with E-state index in [9.17, 15) is 0 Å². The van der Waals surface area contributed by atoms with Crippen LogP contribution in [0.3, 0.4) is 0 Å². The van der Waals surface area contributed by atoms with Crippen molar-refractivity contribution in [1.82, 2.24) is 15.0 Å². The molecule has 1 aromatic carbocycles. The normalized spacial score (nSPS) is 12.7. The lowest BCUT2D eigenvalue weighted by Gasteiger charge is -2.05. The van der Waals surface area contributed by atoms with E-state index in [-0.39, 0.29) is 4.83 Å². The number of alkyl halides is 1. The largest absolute Gasteiger partial charge is 0.220 e. The van der Waals surface area contributed by atoms with Crippen LogP contribution in [-0.2, 0) is 0 Å². The van der Waals surface area contributed by atoms with Gasteiger partial charge in [-0.05, 0) is 37.5 Å². The molecule has 1 atom stereocenters. The summed E-state index contributed by atoms with van der Waals surface area (Å²) < 4.78 is 1.85. The van der Waals surface area contributed by atoms with Crippen LogP contribution in [-0.4, -0.2) is 15.0 Å². The van der Waals surface area contributed by atoms with Gasteiger partial charge >= 0.3 is 0 Å². The summed E-state index contributed by atoms with van der Waals surface area (Å²) in [6.45, 7) is 6.29. The number of aryl methyl sites for hydroxylation is 2. The highest BCUT2D eigenvalue weighted by atomic mass is 79.9. The molecule has 2 rings (SSSR count). The molecule has 3 nitrogen and oxygen atoms in total. The van der Waals surface area contributed by atoms with Crippen molar-refractivity contribution in [3.63, 3.8) is 0 Å². The maximum atomic E-state index is 4.20. The van der Waals surface area contributed by atoms with Crippen LogP contribution in [0.1, 0.15) is 35.0 Å². The lowest BCUT2D eigenvalue weighted by atomic mass is 10.1. The summed E-state index contributed by atoms with van der Waals surface area (Å²) in [4.78, 5) is 0.279. The molecule has 0 amide bonds. The van der Waals surface area contributed by atoms with E-state index in [0.717, 1.165) is 17.8 Å². The Bertz CT molecular complexity index is 519. The van der Waals surface area contributed by atoms with Gasteiger partial charge in [-0.1, -0.05) is 40.2 Å². The van der Waals surface area contributed by atoms with Crippen molar-refractivity contribution in [3.8, 4) is 5.69 Å². The second-order valence-corrected chi connectivity index (χ2v) is 5.36. The zero-order valence-electron chi connectivity index (χ0n) is 10.3. The second kappa shape index (κ2) is 5.00. The maximum Gasteiger partial charge on any atom is 0.0967 e. The molecule has 0 N–H and O–H groups in total. The molecular formula is C13H16BrN3. The lowest BCUT2D eigenvalue weighted by molar-refractivity contribution is 0.786. The summed E-state index contributed by atoms with van der Waals surface area (Å²) in [6.07, 6.45) is 3.00. The molecule has 0 aliphatic carbocycles. The van der Waals surface area contributed by atoms with Crippen LogP contribution in [0.4, 0.5) is 0 Å². The van der Waals surface area contributed by atoms with E-state index in [1.165, 1.54) is 11.1 Å². The third-order valence-corrected chi connectivity index (χ3v) is 3.92. The predicted molar refractivity (Wildman–Crippen MR) is 72.8 cm³/mol. The minimum absolute atomic E-state index is 0.279. The van der Waals surface area contributed by atoms with Gasteiger partial charge in [0.15, 0.2) is 0 Å². The van der Waals surface area contributed by atoms with Gasteiger partial charge in [0.1, 0.15) is 0 Å². The molecule has 1 heterocycles. The summed E-state index contributed by atoms with van der Waals surface area (Å²) >= 11 is 3.59. The van der Waals surface area contributed by atoms with Gasteiger partial charge in [-0.2, -0.15) is 0 Å². The van der Waals surface area contributed by atoms with Crippen LogP contribution in [0.15, 0.2) is 24.4 Å². The third-order valence-electron chi connectivity index (χ3n) is 2.80. The highest BCUT2D eigenvalue weighted by Gasteiger charge is 2.11. The molecule has 0 spiro atoms. The number of rotatable bonds is 3. The molecule has 0 bridgehead atoms. The van der Waals surface area contributed by atoms with Crippen molar-refractivity contribution in [1.29, 1.82) is 0 Å². The Morgan fingerprint density at radius 1 is 1.35 bits per heavy atom. The smallest absolute Gasteiger partial charge is 0.0967 e. The summed E-state index contributed by atoms with van der Waals surface area (Å²) in [7, 11) is 0. The molecule has 2 aromatic rings. The van der Waals surface area contributed by atoms with E-state index >= 15 is 0 Å². The van der Waals surface area contributed by atoms with E-state index < -0.39 is 0 Å². The van der Waals surface area contributed by atoms with Gasteiger partial charge in [0, 0.05) is 0 Å². The molecular weight excluding hydrogens is 278 g/mol. The van der Waals surface area contributed by atoms with Crippen LogP contribution in [0, 0.1) is 13.8 Å². The SMILES string of the molecule is CCC(Br)c1cn(-c2cc(C)ccc2C)nn1. The molecule has 0 radical (unpaired) electrons. The molecule has 0 saturated heterocycles. The van der Waals surface area contributed by atoms with Gasteiger partial charge in [0.2, 0.25) is 0 Å². The van der Waals surface area contributed by atoms with Crippen molar-refractivity contribution in [3.05, 3.63) is 41.2 Å². The quantitative estimate of drug-likeness (QED) is 0.808. The molecule has 0 fully saturated rings. The van der Waals surface area contributed by atoms with Gasteiger partial charge in [0.25, 0.3) is 0 Å². The fourth-order valence-electron chi connectivity index (χ4n) is 1.71. The number of benzene rings is 1. The van der Waals surface area contributed by atoms with Gasteiger partial charge in [-0.3, -0.25) is 0 Å². The summed E-state index contributed by atoms with van der Waals surface area (Å²) in [5.41, 5.74) is 4.51. The Morgan fingerprint density at radius 3 is 2.82 bits per heavy atom. The Morgan fingerprint density at radius 2 is 2.12 bits per heavy atom. The van der Waals surface area contributed by atoms with Crippen LogP contribution < -0.4 is 0 Å². The first-order valence-corrected chi connectivity index (χ1v) is 6.67. The van der Waals surface area contributed by atoms with Crippen molar-refractivity contribution in [2.45, 2.75) is 32.0 Å². The highest BCUT2D eigenvalue weighted by Crippen LogP contribution is 2.24. The molecule has 17 heavy (non-hydrogen) atoms. The average molecular weight is 294 g/mol. The number of hydrogen-bond acceptors (Lipinski definition) is 2. The monoisotopic (exact) mass is 293 g/mol. The first-order valence-electron chi connectivity index (χ1n) is 5.75. The van der Waals surface area contributed by atoms with Gasteiger partial charge in [0.05, 0.1) is 22.4 Å². The predicted octanol–water partition coefficient (Wildman–Crippen LogP) is 3.73. The van der Waals surface area contributed by atoms with Crippen LogP contribution >= 0.6 is 15.9 Å². The Balaban J connectivity index is 2.40. The minimum Gasteiger partial charge on any atom is -0.220 e. The lowest BCUT2D eigenvalue weighted by Crippen LogP contribution is -1.98. The topological polar surface area (TPSA) is 30.7 Å². The molecule has 1 unspecified atom stereocenters. The van der Waals surface area contributed by atoms with E-state index in [0.29, 0.717) is 0 Å². The fourth-order valence-corrected chi connectivity index (χ4v) is 1.92. The Labute approximate surface area is 110 Å². The molecule has 0 aliphatic heterocycles. The maximum absolute atomic E-state index is 4.20. The van der Waals surface area contributed by atoms with E-state index in [1.54, 1.807) is 0 Å². The zero-order valence-corrected chi connectivity index (χ0v) is 11.9. The van der Waals surface area contributed by atoms with Crippen LogP contribution in [0.25, 0.3) is 5.69 Å². The third kappa shape index (κ3) is 2.57. The molecule has 4 heteroatoms. The molecule has 0 aliphatic rings. The van der Waals surface area contributed by atoms with Crippen molar-refractivity contribution in [2.24, 2.45) is 0 Å². The first kappa shape index (κ1) is 12.3. The number of nitrogens with zero attached hydrogens (tertiary/aromatic N) is 3. The molecule has 0 saturated carbocycles. The van der Waals surface area contributed by atoms with Crippen LogP contribution in [0.2, 0.25) is 0 Å². The van der Waals surface area contributed by atoms with E-state index in [2.05, 4.69) is 65.2 Å².